The van der Waals surface area contributed by atoms with Crippen LogP contribution in [0.15, 0.2) is 4.52 Å². The van der Waals surface area contributed by atoms with E-state index in [0.29, 0.717) is 17.2 Å². The molecule has 1 atom stereocenters. The first-order valence-electron chi connectivity index (χ1n) is 8.01. The number of nitrogens with zero attached hydrogens (tertiary/aromatic N) is 2. The van der Waals surface area contributed by atoms with E-state index in [0.717, 1.165) is 37.5 Å². The maximum Gasteiger partial charge on any atom is 0.229 e. The van der Waals surface area contributed by atoms with Gasteiger partial charge in [0.15, 0.2) is 5.82 Å². The molecule has 20 heavy (non-hydrogen) atoms. The molecule has 0 spiro atoms. The van der Waals surface area contributed by atoms with Gasteiger partial charge in [-0.1, -0.05) is 39.3 Å². The van der Waals surface area contributed by atoms with Crippen molar-refractivity contribution < 1.29 is 4.52 Å². The van der Waals surface area contributed by atoms with Crippen molar-refractivity contribution in [2.24, 2.45) is 17.1 Å². The minimum atomic E-state index is -0.0802. The number of rotatable bonds is 4. The predicted octanol–water partition coefficient (Wildman–Crippen LogP) is 4.19. The molecule has 1 aliphatic rings. The van der Waals surface area contributed by atoms with Crippen LogP contribution in [-0.4, -0.2) is 10.1 Å². The van der Waals surface area contributed by atoms with Crippen molar-refractivity contribution in [3.8, 4) is 0 Å². The Bertz CT molecular complexity index is 414. The van der Waals surface area contributed by atoms with Crippen LogP contribution in [0.1, 0.15) is 89.9 Å². The lowest BCUT2D eigenvalue weighted by Gasteiger charge is -2.35. The zero-order chi connectivity index (χ0) is 14.8. The first-order valence-corrected chi connectivity index (χ1v) is 8.01. The zero-order valence-corrected chi connectivity index (χ0v) is 13.4. The third-order valence-corrected chi connectivity index (χ3v) is 4.69. The highest BCUT2D eigenvalue weighted by Gasteiger charge is 2.32. The molecule has 0 radical (unpaired) electrons. The highest BCUT2D eigenvalue weighted by Crippen LogP contribution is 2.42. The molecule has 1 fully saturated rings. The van der Waals surface area contributed by atoms with Gasteiger partial charge >= 0.3 is 0 Å². The molecule has 0 saturated heterocycles. The Morgan fingerprint density at radius 1 is 1.25 bits per heavy atom. The van der Waals surface area contributed by atoms with Gasteiger partial charge in [-0.3, -0.25) is 0 Å². The summed E-state index contributed by atoms with van der Waals surface area (Å²) in [5.41, 5.74) is 6.45. The Kier molecular flexibility index (Phi) is 4.84. The van der Waals surface area contributed by atoms with Gasteiger partial charge in [-0.15, -0.1) is 0 Å². The number of hydrogen-bond acceptors (Lipinski definition) is 4. The minimum absolute atomic E-state index is 0.0802. The summed E-state index contributed by atoms with van der Waals surface area (Å²) in [6, 6.07) is -0.0802. The molecule has 4 heteroatoms. The summed E-state index contributed by atoms with van der Waals surface area (Å²) in [5.74, 6) is 2.73. The third-order valence-electron chi connectivity index (χ3n) is 4.69. The summed E-state index contributed by atoms with van der Waals surface area (Å²) in [6.45, 7) is 9.14. The molecule has 4 nitrogen and oxygen atoms in total. The van der Waals surface area contributed by atoms with Crippen LogP contribution in [0.4, 0.5) is 0 Å². The molecule has 2 N–H and O–H groups in total. The standard InChI is InChI=1S/C16H29N3O/c1-5-6-13(17)14-18-15(20-19-14)11-7-9-12(10-8-11)16(2,3)4/h11-13H,5-10,17H2,1-4H3. The highest BCUT2D eigenvalue weighted by atomic mass is 16.5. The van der Waals surface area contributed by atoms with Gasteiger partial charge in [-0.25, -0.2) is 0 Å². The molecule has 1 heterocycles. The molecule has 1 aromatic rings. The van der Waals surface area contributed by atoms with Gasteiger partial charge in [0.05, 0.1) is 6.04 Å². The molecular formula is C16H29N3O. The van der Waals surface area contributed by atoms with E-state index in [1.807, 2.05) is 0 Å². The number of aromatic nitrogens is 2. The van der Waals surface area contributed by atoms with Crippen molar-refractivity contribution in [1.82, 2.24) is 10.1 Å². The fraction of sp³-hybridized carbons (Fsp3) is 0.875. The topological polar surface area (TPSA) is 64.9 Å². The van der Waals surface area contributed by atoms with Gasteiger partial charge < -0.3 is 10.3 Å². The van der Waals surface area contributed by atoms with Crippen LogP contribution in [0.25, 0.3) is 0 Å². The largest absolute Gasteiger partial charge is 0.339 e. The summed E-state index contributed by atoms with van der Waals surface area (Å²) >= 11 is 0. The summed E-state index contributed by atoms with van der Waals surface area (Å²) < 4.78 is 5.45. The highest BCUT2D eigenvalue weighted by molar-refractivity contribution is 4.99. The van der Waals surface area contributed by atoms with E-state index in [1.165, 1.54) is 12.8 Å². The lowest BCUT2D eigenvalue weighted by atomic mass is 9.70. The van der Waals surface area contributed by atoms with E-state index in [1.54, 1.807) is 0 Å². The predicted molar refractivity (Wildman–Crippen MR) is 80.3 cm³/mol. The van der Waals surface area contributed by atoms with Gasteiger partial charge in [0, 0.05) is 5.92 Å². The third kappa shape index (κ3) is 3.60. The zero-order valence-electron chi connectivity index (χ0n) is 13.4. The first-order chi connectivity index (χ1) is 9.41. The van der Waals surface area contributed by atoms with Crippen LogP contribution in [0, 0.1) is 11.3 Å². The Morgan fingerprint density at radius 2 is 1.90 bits per heavy atom. The molecule has 0 amide bonds. The van der Waals surface area contributed by atoms with Crippen LogP contribution in [-0.2, 0) is 0 Å². The van der Waals surface area contributed by atoms with Crippen molar-refractivity contribution in [3.63, 3.8) is 0 Å². The van der Waals surface area contributed by atoms with Gasteiger partial charge in [0.2, 0.25) is 5.89 Å². The molecule has 1 saturated carbocycles. The number of nitrogens with two attached hydrogens (primary N) is 1. The maximum atomic E-state index is 6.04. The molecule has 0 bridgehead atoms. The van der Waals surface area contributed by atoms with E-state index in [-0.39, 0.29) is 6.04 Å². The van der Waals surface area contributed by atoms with Crippen LogP contribution < -0.4 is 5.73 Å². The fourth-order valence-corrected chi connectivity index (χ4v) is 3.21. The molecule has 2 rings (SSSR count). The molecule has 1 aromatic heterocycles. The monoisotopic (exact) mass is 279 g/mol. The smallest absolute Gasteiger partial charge is 0.229 e. The van der Waals surface area contributed by atoms with Gasteiger partial charge in [0.25, 0.3) is 0 Å². The molecule has 0 aromatic carbocycles. The first kappa shape index (κ1) is 15.5. The van der Waals surface area contributed by atoms with Crippen molar-refractivity contribution in [2.75, 3.05) is 0 Å². The fourth-order valence-electron chi connectivity index (χ4n) is 3.21. The van der Waals surface area contributed by atoms with Crippen LogP contribution in [0.5, 0.6) is 0 Å². The van der Waals surface area contributed by atoms with Crippen LogP contribution in [0.2, 0.25) is 0 Å². The van der Waals surface area contributed by atoms with Gasteiger partial charge in [-0.05, 0) is 43.4 Å². The van der Waals surface area contributed by atoms with Gasteiger partial charge in [-0.2, -0.15) is 4.98 Å². The molecular weight excluding hydrogens is 250 g/mol. The van der Waals surface area contributed by atoms with Crippen LogP contribution >= 0.6 is 0 Å². The molecule has 114 valence electrons. The van der Waals surface area contributed by atoms with E-state index in [2.05, 4.69) is 37.8 Å². The minimum Gasteiger partial charge on any atom is -0.339 e. The van der Waals surface area contributed by atoms with E-state index >= 15 is 0 Å². The van der Waals surface area contributed by atoms with Crippen molar-refractivity contribution >= 4 is 0 Å². The maximum absolute atomic E-state index is 6.04. The SMILES string of the molecule is CCCC(N)c1noc(C2CCC(C(C)(C)C)CC2)n1. The van der Waals surface area contributed by atoms with E-state index in [9.17, 15) is 0 Å². The lowest BCUT2D eigenvalue weighted by Crippen LogP contribution is -2.25. The van der Waals surface area contributed by atoms with E-state index in [4.69, 9.17) is 10.3 Å². The number of hydrogen-bond donors (Lipinski definition) is 1. The lowest BCUT2D eigenvalue weighted by molar-refractivity contribution is 0.159. The Labute approximate surface area is 122 Å². The molecule has 1 aliphatic carbocycles. The summed E-state index contributed by atoms with van der Waals surface area (Å²) in [6.07, 6.45) is 6.79. The summed E-state index contributed by atoms with van der Waals surface area (Å²) in [5, 5.41) is 4.07. The van der Waals surface area contributed by atoms with Crippen molar-refractivity contribution in [1.29, 1.82) is 0 Å². The molecule has 0 aliphatic heterocycles. The average Bonchev–Trinajstić information content (AvgIpc) is 2.88. The van der Waals surface area contributed by atoms with Crippen molar-refractivity contribution in [3.05, 3.63) is 11.7 Å². The Morgan fingerprint density at radius 3 is 2.45 bits per heavy atom. The van der Waals surface area contributed by atoms with Crippen molar-refractivity contribution in [2.45, 2.75) is 78.2 Å². The Balaban J connectivity index is 1.94. The normalized spacial score (nSPS) is 25.6. The Hall–Kier alpha value is -0.900. The van der Waals surface area contributed by atoms with Gasteiger partial charge in [0.1, 0.15) is 0 Å². The summed E-state index contributed by atoms with van der Waals surface area (Å²) in [7, 11) is 0. The molecule has 1 unspecified atom stereocenters. The second-order valence-electron chi connectivity index (χ2n) is 7.30. The van der Waals surface area contributed by atoms with E-state index < -0.39 is 0 Å². The summed E-state index contributed by atoms with van der Waals surface area (Å²) in [4.78, 5) is 4.54. The second kappa shape index (κ2) is 6.25. The second-order valence-corrected chi connectivity index (χ2v) is 7.30. The van der Waals surface area contributed by atoms with Crippen LogP contribution in [0.3, 0.4) is 0 Å². The average molecular weight is 279 g/mol. The quantitative estimate of drug-likeness (QED) is 0.897.